The lowest BCUT2D eigenvalue weighted by atomic mass is 10.2. The zero-order valence-electron chi connectivity index (χ0n) is 10.9. The van der Waals surface area contributed by atoms with Crippen molar-refractivity contribution in [3.05, 3.63) is 29.8 Å². The fourth-order valence-electron chi connectivity index (χ4n) is 1.44. The van der Waals surface area contributed by atoms with Crippen LogP contribution >= 0.6 is 11.6 Å². The number of carbonyl (C=O) groups is 1. The standard InChI is InChI=1S/C12H17ClN2O3S/c1-10(16)15(2)9-11-5-3-4-6-12(11)14-19(17,18)8-7-13/h3-6,14H,7-9H2,1-2H3. The van der Waals surface area contributed by atoms with Gasteiger partial charge in [-0.2, -0.15) is 0 Å². The highest BCUT2D eigenvalue weighted by atomic mass is 35.5. The van der Waals surface area contributed by atoms with Crippen LogP contribution in [0.25, 0.3) is 0 Å². The molecule has 0 atom stereocenters. The second-order valence-electron chi connectivity index (χ2n) is 4.14. The molecule has 0 saturated heterocycles. The van der Waals surface area contributed by atoms with Crippen LogP contribution in [0.1, 0.15) is 12.5 Å². The fourth-order valence-corrected chi connectivity index (χ4v) is 2.89. The van der Waals surface area contributed by atoms with Crippen LogP contribution in [-0.4, -0.2) is 37.9 Å². The van der Waals surface area contributed by atoms with Gasteiger partial charge in [-0.15, -0.1) is 11.6 Å². The number of carbonyl (C=O) groups excluding carboxylic acids is 1. The molecule has 5 nitrogen and oxygen atoms in total. The van der Waals surface area contributed by atoms with Gasteiger partial charge in [0, 0.05) is 26.4 Å². The van der Waals surface area contributed by atoms with Gasteiger partial charge in [0.05, 0.1) is 11.4 Å². The Balaban J connectivity index is 2.93. The van der Waals surface area contributed by atoms with E-state index >= 15 is 0 Å². The van der Waals surface area contributed by atoms with Crippen LogP contribution in [-0.2, 0) is 21.4 Å². The Hall–Kier alpha value is -1.27. The van der Waals surface area contributed by atoms with Crippen molar-refractivity contribution >= 4 is 33.2 Å². The minimum absolute atomic E-state index is 0.0326. The zero-order chi connectivity index (χ0) is 14.5. The normalized spacial score (nSPS) is 11.1. The Morgan fingerprint density at radius 3 is 2.58 bits per heavy atom. The largest absolute Gasteiger partial charge is 0.342 e. The maximum atomic E-state index is 11.7. The zero-order valence-corrected chi connectivity index (χ0v) is 12.5. The highest BCUT2D eigenvalue weighted by Crippen LogP contribution is 2.18. The predicted octanol–water partition coefficient (Wildman–Crippen LogP) is 1.65. The Bertz CT molecular complexity index is 546. The van der Waals surface area contributed by atoms with Crippen LogP contribution < -0.4 is 4.72 Å². The maximum Gasteiger partial charge on any atom is 0.233 e. The van der Waals surface area contributed by atoms with E-state index in [1.807, 2.05) is 0 Å². The third-order valence-corrected chi connectivity index (χ3v) is 4.26. The van der Waals surface area contributed by atoms with Crippen LogP contribution in [0.2, 0.25) is 0 Å². The fraction of sp³-hybridized carbons (Fsp3) is 0.417. The van der Waals surface area contributed by atoms with Crippen LogP contribution in [0, 0.1) is 0 Å². The maximum absolute atomic E-state index is 11.7. The van der Waals surface area contributed by atoms with E-state index in [1.165, 1.54) is 11.8 Å². The number of benzene rings is 1. The lowest BCUT2D eigenvalue weighted by Crippen LogP contribution is -2.24. The Labute approximate surface area is 118 Å². The number of anilines is 1. The molecule has 0 aliphatic heterocycles. The van der Waals surface area contributed by atoms with E-state index < -0.39 is 10.0 Å². The molecule has 0 saturated carbocycles. The second kappa shape index (κ2) is 6.77. The van der Waals surface area contributed by atoms with Gasteiger partial charge >= 0.3 is 0 Å². The van der Waals surface area contributed by atoms with Gasteiger partial charge in [0.15, 0.2) is 0 Å². The smallest absolute Gasteiger partial charge is 0.233 e. The quantitative estimate of drug-likeness (QED) is 0.813. The van der Waals surface area contributed by atoms with E-state index in [0.717, 1.165) is 5.56 Å². The highest BCUT2D eigenvalue weighted by Gasteiger charge is 2.13. The molecule has 0 aliphatic rings. The molecule has 106 valence electrons. The van der Waals surface area contributed by atoms with Gasteiger partial charge in [-0.25, -0.2) is 8.42 Å². The van der Waals surface area contributed by atoms with Crippen LogP contribution in [0.5, 0.6) is 0 Å². The van der Waals surface area contributed by atoms with E-state index in [1.54, 1.807) is 31.3 Å². The number of hydrogen-bond acceptors (Lipinski definition) is 3. The van der Waals surface area contributed by atoms with Crippen molar-refractivity contribution in [2.45, 2.75) is 13.5 Å². The molecule has 0 aliphatic carbocycles. The van der Waals surface area contributed by atoms with Gasteiger partial charge in [0.1, 0.15) is 0 Å². The molecule has 1 rings (SSSR count). The molecule has 0 fully saturated rings. The molecule has 1 N–H and O–H groups in total. The highest BCUT2D eigenvalue weighted by molar-refractivity contribution is 7.92. The first-order valence-electron chi connectivity index (χ1n) is 5.72. The van der Waals surface area contributed by atoms with Crippen LogP contribution in [0.4, 0.5) is 5.69 Å². The lowest BCUT2D eigenvalue weighted by molar-refractivity contribution is -0.128. The molecule has 0 bridgehead atoms. The molecule has 1 amide bonds. The number of para-hydroxylation sites is 1. The summed E-state index contributed by atoms with van der Waals surface area (Å²) >= 11 is 5.45. The third kappa shape index (κ3) is 5.08. The molecule has 0 unspecified atom stereocenters. The number of rotatable bonds is 6. The topological polar surface area (TPSA) is 66.5 Å². The van der Waals surface area contributed by atoms with Crippen molar-refractivity contribution in [1.82, 2.24) is 4.90 Å². The van der Waals surface area contributed by atoms with Gasteiger partial charge in [-0.1, -0.05) is 18.2 Å². The number of nitrogens with zero attached hydrogens (tertiary/aromatic N) is 1. The molecular weight excluding hydrogens is 288 g/mol. The van der Waals surface area contributed by atoms with Gasteiger partial charge in [0.2, 0.25) is 15.9 Å². The Morgan fingerprint density at radius 2 is 2.00 bits per heavy atom. The van der Waals surface area contributed by atoms with Crippen molar-refractivity contribution in [2.75, 3.05) is 23.4 Å². The van der Waals surface area contributed by atoms with Crippen LogP contribution in [0.15, 0.2) is 24.3 Å². The number of halogens is 1. The molecule has 19 heavy (non-hydrogen) atoms. The number of amides is 1. The molecular formula is C12H17ClN2O3S. The molecule has 1 aromatic rings. The molecule has 0 aromatic heterocycles. The lowest BCUT2D eigenvalue weighted by Gasteiger charge is -2.18. The predicted molar refractivity (Wildman–Crippen MR) is 76.7 cm³/mol. The van der Waals surface area contributed by atoms with Gasteiger partial charge in [0.25, 0.3) is 0 Å². The minimum atomic E-state index is -3.45. The number of sulfonamides is 1. The summed E-state index contributed by atoms with van der Waals surface area (Å²) in [4.78, 5) is 12.7. The van der Waals surface area contributed by atoms with Crippen molar-refractivity contribution in [2.24, 2.45) is 0 Å². The molecule has 7 heteroatoms. The summed E-state index contributed by atoms with van der Waals surface area (Å²) in [6.45, 7) is 1.80. The summed E-state index contributed by atoms with van der Waals surface area (Å²) in [5.74, 6) is -0.200. The van der Waals surface area contributed by atoms with E-state index in [-0.39, 0.29) is 17.5 Å². The van der Waals surface area contributed by atoms with E-state index in [2.05, 4.69) is 4.72 Å². The SMILES string of the molecule is CC(=O)N(C)Cc1ccccc1NS(=O)(=O)CCCl. The first kappa shape index (κ1) is 15.8. The van der Waals surface area contributed by atoms with Gasteiger partial charge in [-0.05, 0) is 11.6 Å². The van der Waals surface area contributed by atoms with Crippen LogP contribution in [0.3, 0.4) is 0 Å². The van der Waals surface area contributed by atoms with Gasteiger partial charge < -0.3 is 4.90 Å². The summed E-state index contributed by atoms with van der Waals surface area (Å²) < 4.78 is 25.9. The molecule has 0 spiro atoms. The minimum Gasteiger partial charge on any atom is -0.342 e. The van der Waals surface area contributed by atoms with Crippen molar-refractivity contribution in [1.29, 1.82) is 0 Å². The van der Waals surface area contributed by atoms with E-state index in [9.17, 15) is 13.2 Å². The first-order valence-corrected chi connectivity index (χ1v) is 7.90. The third-order valence-electron chi connectivity index (χ3n) is 2.57. The van der Waals surface area contributed by atoms with Gasteiger partial charge in [-0.3, -0.25) is 9.52 Å². The monoisotopic (exact) mass is 304 g/mol. The number of alkyl halides is 1. The summed E-state index contributed by atoms with van der Waals surface area (Å²) in [5, 5.41) is 0. The summed E-state index contributed by atoms with van der Waals surface area (Å²) in [7, 11) is -1.79. The van der Waals surface area contributed by atoms with Crippen molar-refractivity contribution < 1.29 is 13.2 Å². The molecule has 0 radical (unpaired) electrons. The molecule has 1 aromatic carbocycles. The average molecular weight is 305 g/mol. The molecule has 0 heterocycles. The van der Waals surface area contributed by atoms with Crippen molar-refractivity contribution in [3.63, 3.8) is 0 Å². The number of nitrogens with one attached hydrogen (secondary N) is 1. The first-order chi connectivity index (χ1) is 8.85. The van der Waals surface area contributed by atoms with E-state index in [4.69, 9.17) is 11.6 Å². The summed E-state index contributed by atoms with van der Waals surface area (Å²) in [6.07, 6.45) is 0. The Kier molecular flexibility index (Phi) is 5.62. The Morgan fingerprint density at radius 1 is 1.37 bits per heavy atom. The second-order valence-corrected chi connectivity index (χ2v) is 6.36. The average Bonchev–Trinajstić information content (AvgIpc) is 2.30. The summed E-state index contributed by atoms with van der Waals surface area (Å²) in [6, 6.07) is 6.96. The summed E-state index contributed by atoms with van der Waals surface area (Å²) in [5.41, 5.74) is 1.21. The van der Waals surface area contributed by atoms with E-state index in [0.29, 0.717) is 12.2 Å². The number of hydrogen-bond donors (Lipinski definition) is 1. The van der Waals surface area contributed by atoms with Crippen molar-refractivity contribution in [3.8, 4) is 0 Å².